The van der Waals surface area contributed by atoms with E-state index < -0.39 is 11.7 Å². The molecule has 1 fully saturated rings. The highest BCUT2D eigenvalue weighted by molar-refractivity contribution is 5.99. The van der Waals surface area contributed by atoms with Gasteiger partial charge in [0.25, 0.3) is 0 Å². The summed E-state index contributed by atoms with van der Waals surface area (Å²) in [7, 11) is 0. The molecule has 1 saturated carbocycles. The van der Waals surface area contributed by atoms with Gasteiger partial charge in [-0.2, -0.15) is 5.26 Å². The Balaban J connectivity index is 1.70. The standard InChI is InChI=1S/C23H28N6O2/c1-23(2,3)31-22(30)27-14-19-28-18-13-26-17-5-4-12-25-20(17)21(18)29(19)16-8-6-15(7-9-16)10-11-24/h4-5,12-13,15-16H,6-10,14H2,1-3H3,(H,27,30). The van der Waals surface area contributed by atoms with Crippen molar-refractivity contribution in [3.63, 3.8) is 0 Å². The molecule has 3 aromatic heterocycles. The molecule has 1 amide bonds. The quantitative estimate of drug-likeness (QED) is 0.658. The average Bonchev–Trinajstić information content (AvgIpc) is 3.11. The smallest absolute Gasteiger partial charge is 0.408 e. The molecule has 1 aliphatic carbocycles. The molecule has 1 aliphatic rings. The van der Waals surface area contributed by atoms with Crippen molar-refractivity contribution in [1.29, 1.82) is 5.26 Å². The van der Waals surface area contributed by atoms with E-state index in [4.69, 9.17) is 15.0 Å². The van der Waals surface area contributed by atoms with Crippen LogP contribution in [0.5, 0.6) is 0 Å². The molecule has 0 unspecified atom stereocenters. The Kier molecular flexibility index (Phi) is 5.77. The monoisotopic (exact) mass is 420 g/mol. The first-order chi connectivity index (χ1) is 14.9. The molecule has 0 aliphatic heterocycles. The van der Waals surface area contributed by atoms with Gasteiger partial charge in [0.2, 0.25) is 0 Å². The molecule has 4 rings (SSSR count). The Hall–Kier alpha value is -3.21. The summed E-state index contributed by atoms with van der Waals surface area (Å²) in [5.41, 5.74) is 2.80. The van der Waals surface area contributed by atoms with Gasteiger partial charge in [0.05, 0.1) is 29.8 Å². The van der Waals surface area contributed by atoms with Gasteiger partial charge < -0.3 is 14.6 Å². The number of aromatic nitrogens is 4. The van der Waals surface area contributed by atoms with Crippen molar-refractivity contribution in [2.75, 3.05) is 0 Å². The molecule has 0 bridgehead atoms. The first kappa shape index (κ1) is 21.0. The van der Waals surface area contributed by atoms with Crippen molar-refractivity contribution in [2.24, 2.45) is 5.92 Å². The van der Waals surface area contributed by atoms with Crippen LogP contribution in [0.4, 0.5) is 4.79 Å². The van der Waals surface area contributed by atoms with Crippen molar-refractivity contribution < 1.29 is 9.53 Å². The van der Waals surface area contributed by atoms with Gasteiger partial charge in [0, 0.05) is 18.7 Å². The number of fused-ring (bicyclic) bond motifs is 3. The lowest BCUT2D eigenvalue weighted by atomic mass is 9.84. The van der Waals surface area contributed by atoms with E-state index in [1.165, 1.54) is 0 Å². The van der Waals surface area contributed by atoms with Crippen LogP contribution in [-0.4, -0.2) is 31.2 Å². The Morgan fingerprint density at radius 3 is 2.74 bits per heavy atom. The fraction of sp³-hybridized carbons (Fsp3) is 0.522. The van der Waals surface area contributed by atoms with E-state index >= 15 is 0 Å². The maximum Gasteiger partial charge on any atom is 0.408 e. The molecule has 8 nitrogen and oxygen atoms in total. The third-order valence-corrected chi connectivity index (χ3v) is 5.70. The second-order valence-electron chi connectivity index (χ2n) is 9.15. The Morgan fingerprint density at radius 1 is 1.26 bits per heavy atom. The van der Waals surface area contributed by atoms with Crippen LogP contribution in [0.25, 0.3) is 22.1 Å². The van der Waals surface area contributed by atoms with Gasteiger partial charge in [0.15, 0.2) is 0 Å². The van der Waals surface area contributed by atoms with Crippen LogP contribution in [0, 0.1) is 17.2 Å². The summed E-state index contributed by atoms with van der Waals surface area (Å²) in [6, 6.07) is 6.36. The summed E-state index contributed by atoms with van der Waals surface area (Å²) in [6.45, 7) is 5.77. The van der Waals surface area contributed by atoms with Crippen LogP contribution >= 0.6 is 0 Å². The molecule has 0 radical (unpaired) electrons. The number of nitrogens with one attached hydrogen (secondary N) is 1. The van der Waals surface area contributed by atoms with Crippen molar-refractivity contribution in [3.8, 4) is 6.07 Å². The highest BCUT2D eigenvalue weighted by atomic mass is 16.6. The maximum atomic E-state index is 12.2. The molecule has 3 aromatic rings. The number of pyridine rings is 2. The molecule has 0 spiro atoms. The van der Waals surface area contributed by atoms with Crippen molar-refractivity contribution in [1.82, 2.24) is 24.8 Å². The van der Waals surface area contributed by atoms with E-state index in [-0.39, 0.29) is 12.6 Å². The number of ether oxygens (including phenoxy) is 1. The summed E-state index contributed by atoms with van der Waals surface area (Å²) in [6.07, 6.45) is 7.63. The summed E-state index contributed by atoms with van der Waals surface area (Å²) < 4.78 is 7.62. The molecular formula is C23H28N6O2. The first-order valence-electron chi connectivity index (χ1n) is 10.8. The molecule has 31 heavy (non-hydrogen) atoms. The average molecular weight is 421 g/mol. The van der Waals surface area contributed by atoms with Gasteiger partial charge >= 0.3 is 6.09 Å². The molecule has 162 valence electrons. The van der Waals surface area contributed by atoms with Gasteiger partial charge in [-0.3, -0.25) is 9.97 Å². The third-order valence-electron chi connectivity index (χ3n) is 5.70. The number of imidazole rings is 1. The second-order valence-corrected chi connectivity index (χ2v) is 9.15. The SMILES string of the molecule is CC(C)(C)OC(=O)NCc1nc2cnc3cccnc3c2n1C1CCC(CC#N)CC1. The normalized spacial score (nSPS) is 19.3. The molecule has 8 heteroatoms. The Labute approximate surface area is 181 Å². The third kappa shape index (κ3) is 4.61. The number of amides is 1. The summed E-state index contributed by atoms with van der Waals surface area (Å²) in [5.74, 6) is 1.22. The predicted octanol–water partition coefficient (Wildman–Crippen LogP) is 4.65. The topological polar surface area (TPSA) is 106 Å². The Morgan fingerprint density at radius 2 is 2.03 bits per heavy atom. The molecular weight excluding hydrogens is 392 g/mol. The number of rotatable bonds is 4. The van der Waals surface area contributed by atoms with E-state index in [0.717, 1.165) is 53.6 Å². The molecule has 0 atom stereocenters. The van der Waals surface area contributed by atoms with Crippen LogP contribution in [0.1, 0.15) is 64.7 Å². The highest BCUT2D eigenvalue weighted by Crippen LogP contribution is 2.37. The number of carbonyl (C=O) groups is 1. The zero-order chi connectivity index (χ0) is 22.0. The van der Waals surface area contributed by atoms with E-state index in [1.807, 2.05) is 32.9 Å². The lowest BCUT2D eigenvalue weighted by Crippen LogP contribution is -2.33. The number of hydrogen-bond acceptors (Lipinski definition) is 6. The number of alkyl carbamates (subject to hydrolysis) is 1. The molecule has 3 heterocycles. The lowest BCUT2D eigenvalue weighted by Gasteiger charge is -2.30. The van der Waals surface area contributed by atoms with Gasteiger partial charge in [-0.1, -0.05) is 0 Å². The van der Waals surface area contributed by atoms with Gasteiger partial charge in [-0.05, 0) is 64.5 Å². The van der Waals surface area contributed by atoms with Gasteiger partial charge in [-0.15, -0.1) is 0 Å². The minimum Gasteiger partial charge on any atom is -0.444 e. The summed E-state index contributed by atoms with van der Waals surface area (Å²) in [4.78, 5) is 26.1. The van der Waals surface area contributed by atoms with E-state index in [9.17, 15) is 4.79 Å². The van der Waals surface area contributed by atoms with Gasteiger partial charge in [0.1, 0.15) is 22.5 Å². The molecule has 0 saturated heterocycles. The van der Waals surface area contributed by atoms with Crippen LogP contribution in [-0.2, 0) is 11.3 Å². The van der Waals surface area contributed by atoms with Crippen molar-refractivity contribution in [2.45, 2.75) is 71.1 Å². The summed E-state index contributed by atoms with van der Waals surface area (Å²) >= 11 is 0. The fourth-order valence-corrected chi connectivity index (χ4v) is 4.36. The van der Waals surface area contributed by atoms with Crippen LogP contribution in [0.15, 0.2) is 24.5 Å². The predicted molar refractivity (Wildman–Crippen MR) is 117 cm³/mol. The van der Waals surface area contributed by atoms with E-state index in [2.05, 4.69) is 25.9 Å². The number of hydrogen-bond donors (Lipinski definition) is 1. The molecule has 0 aromatic carbocycles. The zero-order valence-corrected chi connectivity index (χ0v) is 18.3. The highest BCUT2D eigenvalue weighted by Gasteiger charge is 2.27. The second kappa shape index (κ2) is 8.50. The lowest BCUT2D eigenvalue weighted by molar-refractivity contribution is 0.0521. The van der Waals surface area contributed by atoms with Gasteiger partial charge in [-0.25, -0.2) is 9.78 Å². The fourth-order valence-electron chi connectivity index (χ4n) is 4.36. The number of nitrogens with zero attached hydrogens (tertiary/aromatic N) is 5. The van der Waals surface area contributed by atoms with Crippen LogP contribution in [0.2, 0.25) is 0 Å². The minimum atomic E-state index is -0.562. The largest absolute Gasteiger partial charge is 0.444 e. The van der Waals surface area contributed by atoms with Crippen molar-refractivity contribution in [3.05, 3.63) is 30.4 Å². The first-order valence-corrected chi connectivity index (χ1v) is 10.8. The van der Waals surface area contributed by atoms with Crippen LogP contribution in [0.3, 0.4) is 0 Å². The minimum absolute atomic E-state index is 0.239. The van der Waals surface area contributed by atoms with Crippen molar-refractivity contribution >= 4 is 28.2 Å². The number of carbonyl (C=O) groups excluding carboxylic acids is 1. The number of nitriles is 1. The van der Waals surface area contributed by atoms with Crippen LogP contribution < -0.4 is 5.32 Å². The maximum absolute atomic E-state index is 12.2. The molecule has 1 N–H and O–H groups in total. The van der Waals surface area contributed by atoms with E-state index in [0.29, 0.717) is 12.3 Å². The zero-order valence-electron chi connectivity index (χ0n) is 18.3. The van der Waals surface area contributed by atoms with E-state index in [1.54, 1.807) is 12.4 Å². The Bertz CT molecular complexity index is 1130. The summed E-state index contributed by atoms with van der Waals surface area (Å²) in [5, 5.41) is 11.9.